The third kappa shape index (κ3) is 3.09. The summed E-state index contributed by atoms with van der Waals surface area (Å²) in [5.74, 6) is -0.466. The summed E-state index contributed by atoms with van der Waals surface area (Å²) in [6.45, 7) is 4.01. The molecule has 3 heteroatoms. The Balaban J connectivity index is 2.74. The first-order valence-corrected chi connectivity index (χ1v) is 5.31. The molecular weight excluding hydrogens is 202 g/mol. The van der Waals surface area contributed by atoms with Crippen LogP contribution in [0.3, 0.4) is 0 Å². The number of rotatable bonds is 4. The van der Waals surface area contributed by atoms with Crippen LogP contribution in [-0.2, 0) is 16.0 Å². The lowest BCUT2D eigenvalue weighted by atomic mass is 9.99. The molecule has 1 rings (SSSR count). The fourth-order valence-electron chi connectivity index (χ4n) is 1.42. The number of carbonyl (C=O) groups excluding carboxylic acids is 1. The topological polar surface area (TPSA) is 50.1 Å². The van der Waals surface area contributed by atoms with Gasteiger partial charge in [-0.3, -0.25) is 4.79 Å². The van der Waals surface area contributed by atoms with Gasteiger partial charge in [-0.05, 0) is 25.0 Å². The van der Waals surface area contributed by atoms with Crippen molar-refractivity contribution in [1.82, 2.24) is 0 Å². The maximum Gasteiger partial charge on any atom is 0.313 e. The van der Waals surface area contributed by atoms with Gasteiger partial charge < -0.3 is 4.74 Å². The fourth-order valence-corrected chi connectivity index (χ4v) is 1.42. The van der Waals surface area contributed by atoms with Crippen molar-refractivity contribution in [2.75, 3.05) is 6.61 Å². The van der Waals surface area contributed by atoms with Gasteiger partial charge in [-0.1, -0.05) is 24.3 Å². The van der Waals surface area contributed by atoms with Crippen LogP contribution < -0.4 is 0 Å². The largest absolute Gasteiger partial charge is 0.466 e. The molecule has 0 aromatic heterocycles. The molecule has 0 aliphatic carbocycles. The average Bonchev–Trinajstić information content (AvgIpc) is 2.30. The Morgan fingerprint density at radius 3 is 2.56 bits per heavy atom. The first-order chi connectivity index (χ1) is 7.69. The molecule has 1 atom stereocenters. The normalized spacial score (nSPS) is 11.6. The van der Waals surface area contributed by atoms with E-state index in [-0.39, 0.29) is 11.9 Å². The lowest BCUT2D eigenvalue weighted by molar-refractivity contribution is -0.144. The molecule has 0 saturated heterocycles. The monoisotopic (exact) mass is 217 g/mol. The molecule has 0 spiro atoms. The van der Waals surface area contributed by atoms with Crippen LogP contribution in [0.15, 0.2) is 24.3 Å². The molecule has 0 saturated carbocycles. The Morgan fingerprint density at radius 2 is 2.06 bits per heavy atom. The summed E-state index contributed by atoms with van der Waals surface area (Å²) in [5.41, 5.74) is 1.88. The van der Waals surface area contributed by atoms with Gasteiger partial charge in [-0.25, -0.2) is 0 Å². The van der Waals surface area contributed by atoms with E-state index in [4.69, 9.17) is 10.00 Å². The average molecular weight is 217 g/mol. The highest BCUT2D eigenvalue weighted by molar-refractivity contribution is 5.77. The summed E-state index contributed by atoms with van der Waals surface area (Å²) in [6.07, 6.45) is 0.397. The second-order valence-corrected chi connectivity index (χ2v) is 3.55. The standard InChI is InChI=1S/C13H15NO2/c1-3-16-13(15)10(2)12-6-4-11(5-7-12)8-9-14/h4-7,10H,3,8H2,1-2H3. The maximum atomic E-state index is 11.5. The smallest absolute Gasteiger partial charge is 0.313 e. The van der Waals surface area contributed by atoms with Crippen molar-refractivity contribution in [2.45, 2.75) is 26.2 Å². The highest BCUT2D eigenvalue weighted by Gasteiger charge is 2.15. The van der Waals surface area contributed by atoms with E-state index in [2.05, 4.69) is 6.07 Å². The first kappa shape index (κ1) is 12.3. The van der Waals surface area contributed by atoms with E-state index in [1.165, 1.54) is 0 Å². The predicted molar refractivity (Wildman–Crippen MR) is 60.8 cm³/mol. The highest BCUT2D eigenvalue weighted by atomic mass is 16.5. The van der Waals surface area contributed by atoms with E-state index in [0.717, 1.165) is 11.1 Å². The fraction of sp³-hybridized carbons (Fsp3) is 0.385. The second-order valence-electron chi connectivity index (χ2n) is 3.55. The van der Waals surface area contributed by atoms with Gasteiger partial charge in [0.1, 0.15) is 0 Å². The van der Waals surface area contributed by atoms with Gasteiger partial charge in [0.25, 0.3) is 0 Å². The number of nitriles is 1. The van der Waals surface area contributed by atoms with E-state index < -0.39 is 0 Å². The van der Waals surface area contributed by atoms with Gasteiger partial charge in [0.15, 0.2) is 0 Å². The number of nitrogens with zero attached hydrogens (tertiary/aromatic N) is 1. The molecule has 1 aromatic rings. The zero-order chi connectivity index (χ0) is 12.0. The van der Waals surface area contributed by atoms with Crippen LogP contribution in [0.4, 0.5) is 0 Å². The summed E-state index contributed by atoms with van der Waals surface area (Å²) >= 11 is 0. The third-order valence-corrected chi connectivity index (χ3v) is 2.40. The molecule has 0 heterocycles. The molecule has 1 unspecified atom stereocenters. The number of benzene rings is 1. The van der Waals surface area contributed by atoms with Crippen LogP contribution >= 0.6 is 0 Å². The van der Waals surface area contributed by atoms with Crippen LogP contribution in [0.25, 0.3) is 0 Å². The van der Waals surface area contributed by atoms with Gasteiger partial charge in [-0.2, -0.15) is 5.26 Å². The Kier molecular flexibility index (Phi) is 4.53. The van der Waals surface area contributed by atoms with Crippen LogP contribution in [-0.4, -0.2) is 12.6 Å². The van der Waals surface area contributed by atoms with Crippen molar-refractivity contribution in [3.63, 3.8) is 0 Å². The Labute approximate surface area is 95.7 Å². The minimum absolute atomic E-state index is 0.212. The Hall–Kier alpha value is -1.82. The van der Waals surface area contributed by atoms with E-state index in [0.29, 0.717) is 13.0 Å². The van der Waals surface area contributed by atoms with Gasteiger partial charge in [0.2, 0.25) is 0 Å². The minimum Gasteiger partial charge on any atom is -0.466 e. The molecule has 16 heavy (non-hydrogen) atoms. The first-order valence-electron chi connectivity index (χ1n) is 5.31. The summed E-state index contributed by atoms with van der Waals surface area (Å²) < 4.78 is 4.94. The molecule has 84 valence electrons. The number of hydrogen-bond donors (Lipinski definition) is 0. The van der Waals surface area contributed by atoms with Crippen molar-refractivity contribution < 1.29 is 9.53 Å². The van der Waals surface area contributed by atoms with Crippen LogP contribution in [0.5, 0.6) is 0 Å². The zero-order valence-corrected chi connectivity index (χ0v) is 9.56. The van der Waals surface area contributed by atoms with Crippen LogP contribution in [0.2, 0.25) is 0 Å². The van der Waals surface area contributed by atoms with Gasteiger partial charge in [0, 0.05) is 0 Å². The highest BCUT2D eigenvalue weighted by Crippen LogP contribution is 2.17. The van der Waals surface area contributed by atoms with Crippen molar-refractivity contribution in [2.24, 2.45) is 0 Å². The number of hydrogen-bond acceptors (Lipinski definition) is 3. The number of carbonyl (C=O) groups is 1. The van der Waals surface area contributed by atoms with E-state index >= 15 is 0 Å². The summed E-state index contributed by atoms with van der Waals surface area (Å²) in [6, 6.07) is 9.56. The van der Waals surface area contributed by atoms with Crippen molar-refractivity contribution in [3.05, 3.63) is 35.4 Å². The lowest BCUT2D eigenvalue weighted by Crippen LogP contribution is -2.12. The summed E-state index contributed by atoms with van der Waals surface area (Å²) in [5, 5.41) is 8.53. The molecule has 0 amide bonds. The zero-order valence-electron chi connectivity index (χ0n) is 9.56. The molecule has 3 nitrogen and oxygen atoms in total. The minimum atomic E-state index is -0.254. The van der Waals surface area contributed by atoms with Crippen molar-refractivity contribution in [3.8, 4) is 6.07 Å². The predicted octanol–water partition coefficient (Wildman–Crippen LogP) is 2.42. The second kappa shape index (κ2) is 5.92. The molecular formula is C13H15NO2. The van der Waals surface area contributed by atoms with Gasteiger partial charge >= 0.3 is 5.97 Å². The molecule has 0 fully saturated rings. The lowest BCUT2D eigenvalue weighted by Gasteiger charge is -2.10. The molecule has 1 aromatic carbocycles. The van der Waals surface area contributed by atoms with Crippen molar-refractivity contribution >= 4 is 5.97 Å². The number of ether oxygens (including phenoxy) is 1. The molecule has 0 bridgehead atoms. The van der Waals surface area contributed by atoms with Crippen LogP contribution in [0, 0.1) is 11.3 Å². The molecule has 0 aliphatic rings. The summed E-state index contributed by atoms with van der Waals surface area (Å²) in [4.78, 5) is 11.5. The maximum absolute atomic E-state index is 11.5. The molecule has 0 radical (unpaired) electrons. The quantitative estimate of drug-likeness (QED) is 0.728. The van der Waals surface area contributed by atoms with E-state index in [1.54, 1.807) is 6.92 Å². The Bertz CT molecular complexity index is 389. The van der Waals surface area contributed by atoms with Crippen molar-refractivity contribution in [1.29, 1.82) is 5.26 Å². The molecule has 0 N–H and O–H groups in total. The Morgan fingerprint density at radius 1 is 1.44 bits per heavy atom. The molecule has 0 aliphatic heterocycles. The van der Waals surface area contributed by atoms with Crippen LogP contribution in [0.1, 0.15) is 30.9 Å². The SMILES string of the molecule is CCOC(=O)C(C)c1ccc(CC#N)cc1. The van der Waals surface area contributed by atoms with E-state index in [1.807, 2.05) is 31.2 Å². The third-order valence-electron chi connectivity index (χ3n) is 2.40. The van der Waals surface area contributed by atoms with Gasteiger partial charge in [-0.15, -0.1) is 0 Å². The summed E-state index contributed by atoms with van der Waals surface area (Å²) in [7, 11) is 0. The number of esters is 1. The van der Waals surface area contributed by atoms with Gasteiger partial charge in [0.05, 0.1) is 25.0 Å². The van der Waals surface area contributed by atoms with E-state index in [9.17, 15) is 4.79 Å².